The van der Waals surface area contributed by atoms with Crippen molar-refractivity contribution in [3.8, 4) is 0 Å². The number of halogens is 1. The Bertz CT molecular complexity index is 688. The van der Waals surface area contributed by atoms with E-state index >= 15 is 0 Å². The van der Waals surface area contributed by atoms with Gasteiger partial charge in [-0.25, -0.2) is 9.67 Å². The van der Waals surface area contributed by atoms with Crippen molar-refractivity contribution in [2.24, 2.45) is 0 Å². The van der Waals surface area contributed by atoms with Gasteiger partial charge in [0.25, 0.3) is 0 Å². The molecule has 0 atom stereocenters. The molecule has 1 N–H and O–H groups in total. The fourth-order valence-electron chi connectivity index (χ4n) is 2.18. The second-order valence-electron chi connectivity index (χ2n) is 5.62. The van der Waals surface area contributed by atoms with Crippen molar-refractivity contribution in [1.82, 2.24) is 25.0 Å². The Morgan fingerprint density at radius 3 is 2.79 bits per heavy atom. The van der Waals surface area contributed by atoms with E-state index in [1.54, 1.807) is 11.0 Å². The van der Waals surface area contributed by atoms with E-state index in [1.807, 2.05) is 32.0 Å². The molecule has 0 saturated carbocycles. The minimum atomic E-state index is -0.291. The minimum absolute atomic E-state index is 0.00343. The second-order valence-corrected chi connectivity index (χ2v) is 6.05. The molecule has 8 heteroatoms. The van der Waals surface area contributed by atoms with Gasteiger partial charge in [0.15, 0.2) is 0 Å². The molecule has 0 aliphatic carbocycles. The van der Waals surface area contributed by atoms with Crippen LogP contribution in [0.15, 0.2) is 36.9 Å². The van der Waals surface area contributed by atoms with Crippen LogP contribution in [-0.2, 0) is 22.7 Å². The lowest BCUT2D eigenvalue weighted by Gasteiger charge is -2.27. The van der Waals surface area contributed by atoms with Crippen LogP contribution in [0.2, 0.25) is 5.02 Å². The SMILES string of the molecule is CC(C)N(Cc1cccc(Cl)c1)C(=O)CNC(=O)Cn1cncn1. The van der Waals surface area contributed by atoms with Crippen LogP contribution < -0.4 is 5.32 Å². The first-order valence-corrected chi connectivity index (χ1v) is 7.96. The predicted molar refractivity (Wildman–Crippen MR) is 90.2 cm³/mol. The van der Waals surface area contributed by atoms with Crippen molar-refractivity contribution >= 4 is 23.4 Å². The first-order chi connectivity index (χ1) is 11.5. The summed E-state index contributed by atoms with van der Waals surface area (Å²) in [5.41, 5.74) is 0.943. The minimum Gasteiger partial charge on any atom is -0.345 e. The molecule has 128 valence electrons. The molecular formula is C16H20ClN5O2. The Balaban J connectivity index is 1.90. The zero-order valence-corrected chi connectivity index (χ0v) is 14.4. The summed E-state index contributed by atoms with van der Waals surface area (Å²) in [6, 6.07) is 7.38. The number of carbonyl (C=O) groups excluding carboxylic acids is 2. The molecule has 0 fully saturated rings. The van der Waals surface area contributed by atoms with Crippen molar-refractivity contribution in [3.63, 3.8) is 0 Å². The molecule has 2 rings (SSSR count). The third-order valence-corrected chi connectivity index (χ3v) is 3.63. The quantitative estimate of drug-likeness (QED) is 0.821. The average molecular weight is 350 g/mol. The summed E-state index contributed by atoms with van der Waals surface area (Å²) in [7, 11) is 0. The summed E-state index contributed by atoms with van der Waals surface area (Å²) in [6.45, 7) is 4.27. The highest BCUT2D eigenvalue weighted by molar-refractivity contribution is 6.30. The van der Waals surface area contributed by atoms with E-state index in [9.17, 15) is 9.59 Å². The molecule has 24 heavy (non-hydrogen) atoms. The first-order valence-electron chi connectivity index (χ1n) is 7.58. The number of benzene rings is 1. The lowest BCUT2D eigenvalue weighted by Crippen LogP contribution is -2.43. The third-order valence-electron chi connectivity index (χ3n) is 3.39. The Morgan fingerprint density at radius 2 is 2.17 bits per heavy atom. The van der Waals surface area contributed by atoms with Crippen molar-refractivity contribution in [3.05, 3.63) is 47.5 Å². The smallest absolute Gasteiger partial charge is 0.242 e. The maximum Gasteiger partial charge on any atom is 0.242 e. The zero-order chi connectivity index (χ0) is 17.5. The van der Waals surface area contributed by atoms with Gasteiger partial charge in [-0.15, -0.1) is 0 Å². The monoisotopic (exact) mass is 349 g/mol. The molecule has 0 saturated heterocycles. The Hall–Kier alpha value is -2.41. The second kappa shape index (κ2) is 8.44. The van der Waals surface area contributed by atoms with Crippen LogP contribution in [0, 0.1) is 0 Å². The molecule has 7 nitrogen and oxygen atoms in total. The summed E-state index contributed by atoms with van der Waals surface area (Å²) < 4.78 is 1.39. The Labute approximate surface area is 145 Å². The van der Waals surface area contributed by atoms with Gasteiger partial charge in [0.1, 0.15) is 19.2 Å². The highest BCUT2D eigenvalue weighted by Crippen LogP contribution is 2.14. The molecule has 0 radical (unpaired) electrons. The molecule has 2 amide bonds. The molecule has 0 bridgehead atoms. The summed E-state index contributed by atoms with van der Waals surface area (Å²) in [5.74, 6) is -0.447. The van der Waals surface area contributed by atoms with Gasteiger partial charge in [-0.2, -0.15) is 5.10 Å². The van der Waals surface area contributed by atoms with Gasteiger partial charge in [-0.3, -0.25) is 9.59 Å². The summed E-state index contributed by atoms with van der Waals surface area (Å²) in [5, 5.41) is 7.09. The highest BCUT2D eigenvalue weighted by Gasteiger charge is 2.18. The maximum atomic E-state index is 12.4. The average Bonchev–Trinajstić information content (AvgIpc) is 3.03. The normalized spacial score (nSPS) is 10.7. The summed E-state index contributed by atoms with van der Waals surface area (Å²) >= 11 is 5.98. The number of hydrogen-bond donors (Lipinski definition) is 1. The van der Waals surface area contributed by atoms with Gasteiger partial charge >= 0.3 is 0 Å². The van der Waals surface area contributed by atoms with Gasteiger partial charge in [0, 0.05) is 17.6 Å². The topological polar surface area (TPSA) is 80.1 Å². The largest absolute Gasteiger partial charge is 0.345 e. The standard InChI is InChI=1S/C16H20ClN5O2/c1-12(2)22(8-13-4-3-5-14(17)6-13)16(24)7-19-15(23)9-21-11-18-10-20-21/h3-6,10-12H,7-9H2,1-2H3,(H,19,23). The van der Waals surface area contributed by atoms with Crippen molar-refractivity contribution in [2.75, 3.05) is 6.54 Å². The molecule has 0 aliphatic heterocycles. The van der Waals surface area contributed by atoms with E-state index in [4.69, 9.17) is 11.6 Å². The molecular weight excluding hydrogens is 330 g/mol. The number of rotatable bonds is 7. The van der Waals surface area contributed by atoms with Gasteiger partial charge in [-0.05, 0) is 31.5 Å². The van der Waals surface area contributed by atoms with E-state index in [1.165, 1.54) is 17.3 Å². The van der Waals surface area contributed by atoms with E-state index in [2.05, 4.69) is 15.4 Å². The van der Waals surface area contributed by atoms with Crippen LogP contribution in [0.1, 0.15) is 19.4 Å². The third kappa shape index (κ3) is 5.34. The summed E-state index contributed by atoms with van der Waals surface area (Å²) in [4.78, 5) is 29.7. The van der Waals surface area contributed by atoms with Crippen molar-refractivity contribution in [1.29, 1.82) is 0 Å². The van der Waals surface area contributed by atoms with Crippen LogP contribution in [0.5, 0.6) is 0 Å². The Morgan fingerprint density at radius 1 is 1.38 bits per heavy atom. The van der Waals surface area contributed by atoms with Crippen LogP contribution in [0.4, 0.5) is 0 Å². The van der Waals surface area contributed by atoms with Crippen molar-refractivity contribution in [2.45, 2.75) is 33.0 Å². The van der Waals surface area contributed by atoms with Gasteiger partial charge in [-0.1, -0.05) is 23.7 Å². The number of nitrogens with zero attached hydrogens (tertiary/aromatic N) is 4. The molecule has 0 aliphatic rings. The van der Waals surface area contributed by atoms with Gasteiger partial charge < -0.3 is 10.2 Å². The van der Waals surface area contributed by atoms with Crippen LogP contribution in [0.25, 0.3) is 0 Å². The number of hydrogen-bond acceptors (Lipinski definition) is 4. The van der Waals surface area contributed by atoms with Gasteiger partial charge in [0.2, 0.25) is 11.8 Å². The molecule has 1 aromatic heterocycles. The molecule has 1 heterocycles. The number of carbonyl (C=O) groups is 2. The lowest BCUT2D eigenvalue weighted by atomic mass is 10.2. The Kier molecular flexibility index (Phi) is 6.31. The fourth-order valence-corrected chi connectivity index (χ4v) is 2.40. The van der Waals surface area contributed by atoms with Gasteiger partial charge in [0.05, 0.1) is 6.54 Å². The summed E-state index contributed by atoms with van der Waals surface area (Å²) in [6.07, 6.45) is 2.80. The molecule has 1 aromatic carbocycles. The van der Waals surface area contributed by atoms with E-state index in [-0.39, 0.29) is 30.9 Å². The number of aromatic nitrogens is 3. The first kappa shape index (κ1) is 17.9. The zero-order valence-electron chi connectivity index (χ0n) is 13.6. The molecule has 2 aromatic rings. The molecule has 0 spiro atoms. The van der Waals surface area contributed by atoms with Crippen LogP contribution >= 0.6 is 11.6 Å². The van der Waals surface area contributed by atoms with E-state index in [0.717, 1.165) is 5.56 Å². The lowest BCUT2D eigenvalue weighted by molar-refractivity contribution is -0.135. The molecule has 0 unspecified atom stereocenters. The predicted octanol–water partition coefficient (Wildman–Crippen LogP) is 1.48. The number of nitrogens with one attached hydrogen (secondary N) is 1. The van der Waals surface area contributed by atoms with E-state index < -0.39 is 0 Å². The maximum absolute atomic E-state index is 12.4. The fraction of sp³-hybridized carbons (Fsp3) is 0.375. The van der Waals surface area contributed by atoms with Crippen LogP contribution in [-0.4, -0.2) is 44.1 Å². The number of amides is 2. The van der Waals surface area contributed by atoms with Crippen molar-refractivity contribution < 1.29 is 9.59 Å². The highest BCUT2D eigenvalue weighted by atomic mass is 35.5. The van der Waals surface area contributed by atoms with Crippen LogP contribution in [0.3, 0.4) is 0 Å². The van der Waals surface area contributed by atoms with E-state index in [0.29, 0.717) is 11.6 Å².